The second-order valence-corrected chi connectivity index (χ2v) is 5.90. The number of rotatable bonds is 9. The molecule has 0 unspecified atom stereocenters. The summed E-state index contributed by atoms with van der Waals surface area (Å²) < 4.78 is 0. The van der Waals surface area contributed by atoms with Crippen LogP contribution in [0, 0.1) is 0 Å². The Kier molecular flexibility index (Phi) is 8.69. The third kappa shape index (κ3) is 5.29. The monoisotopic (exact) mass is 232 g/mol. The van der Waals surface area contributed by atoms with Crippen molar-refractivity contribution in [1.82, 2.24) is 0 Å². The molecule has 0 aromatic carbocycles. The Hall–Kier alpha value is 0.350. The van der Waals surface area contributed by atoms with E-state index in [-0.39, 0.29) is 0 Å². The van der Waals surface area contributed by atoms with E-state index in [0.29, 0.717) is 0 Å². The molecular formula is C12H25O2P-2. The van der Waals surface area contributed by atoms with Gasteiger partial charge in [0, 0.05) is 0 Å². The summed E-state index contributed by atoms with van der Waals surface area (Å²) in [4.78, 5) is 22.9. The zero-order valence-corrected chi connectivity index (χ0v) is 11.3. The van der Waals surface area contributed by atoms with Crippen molar-refractivity contribution in [2.75, 3.05) is 0 Å². The number of hydrogen-bond donors (Lipinski definition) is 0. The van der Waals surface area contributed by atoms with E-state index < -0.39 is 13.5 Å². The fourth-order valence-corrected chi connectivity index (χ4v) is 3.21. The number of hydrogen-bond acceptors (Lipinski definition) is 2. The highest BCUT2D eigenvalue weighted by Gasteiger charge is 2.24. The molecule has 0 radical (unpaired) electrons. The molecule has 0 saturated heterocycles. The van der Waals surface area contributed by atoms with Gasteiger partial charge in [0.15, 0.2) is 0 Å². The normalized spacial score (nSPS) is 12.4. The maximum absolute atomic E-state index is 11.5. The Morgan fingerprint density at radius 2 is 1.27 bits per heavy atom. The smallest absolute Gasteiger partial charge is 0.0391 e. The molecule has 0 aliphatic rings. The zero-order valence-electron chi connectivity index (χ0n) is 10.4. The van der Waals surface area contributed by atoms with Gasteiger partial charge in [0.25, 0.3) is 0 Å². The molecule has 92 valence electrons. The summed E-state index contributed by atoms with van der Waals surface area (Å²) in [5.74, 6) is 0. The Labute approximate surface area is 96.0 Å². The summed E-state index contributed by atoms with van der Waals surface area (Å²) in [7, 11) is -2.28. The third-order valence-corrected chi connectivity index (χ3v) is 4.54. The average molecular weight is 232 g/mol. The lowest BCUT2D eigenvalue weighted by atomic mass is 9.90. The van der Waals surface area contributed by atoms with Gasteiger partial charge in [-0.15, -0.1) is 0 Å². The molecule has 0 rings (SSSR count). The summed E-state index contributed by atoms with van der Waals surface area (Å²) in [6, 6.07) is 0. The molecule has 3 heteroatoms. The summed E-state index contributed by atoms with van der Waals surface area (Å²) in [5.41, 5.74) is 0. The minimum absolute atomic E-state index is 0.393. The molecule has 0 aromatic heterocycles. The van der Waals surface area contributed by atoms with Crippen molar-refractivity contribution in [3.8, 4) is 0 Å². The van der Waals surface area contributed by atoms with E-state index in [2.05, 4.69) is 20.8 Å². The van der Waals surface area contributed by atoms with Crippen molar-refractivity contribution in [3.63, 3.8) is 0 Å². The van der Waals surface area contributed by atoms with Gasteiger partial charge in [0.2, 0.25) is 0 Å². The molecule has 0 fully saturated rings. The molecule has 0 saturated carbocycles. The second-order valence-electron chi connectivity index (χ2n) is 4.44. The standard InChI is InChI=1S/C12H25O2P/c1-4-7-10-12(9-6-3,15(13)14)11-8-5-2/h4-11H2,1-3H3/q-2. The van der Waals surface area contributed by atoms with Crippen molar-refractivity contribution in [3.05, 3.63) is 0 Å². The van der Waals surface area contributed by atoms with E-state index in [1.165, 1.54) is 0 Å². The average Bonchev–Trinajstić information content (AvgIpc) is 2.22. The van der Waals surface area contributed by atoms with E-state index in [0.717, 1.165) is 51.4 Å². The van der Waals surface area contributed by atoms with Crippen LogP contribution in [-0.4, -0.2) is 5.16 Å². The van der Waals surface area contributed by atoms with Gasteiger partial charge in [-0.2, -0.15) is 0 Å². The van der Waals surface area contributed by atoms with Crippen LogP contribution in [0.25, 0.3) is 0 Å². The molecule has 0 N–H and O–H groups in total. The van der Waals surface area contributed by atoms with Crippen LogP contribution in [-0.2, 0) is 0 Å². The largest absolute Gasteiger partial charge is 0.841 e. The minimum atomic E-state index is -2.28. The molecule has 0 atom stereocenters. The van der Waals surface area contributed by atoms with Gasteiger partial charge >= 0.3 is 0 Å². The van der Waals surface area contributed by atoms with Crippen molar-refractivity contribution < 1.29 is 9.79 Å². The predicted molar refractivity (Wildman–Crippen MR) is 63.6 cm³/mol. The van der Waals surface area contributed by atoms with Crippen LogP contribution in [0.15, 0.2) is 0 Å². The number of unbranched alkanes of at least 4 members (excludes halogenated alkanes) is 2. The molecule has 0 aromatic rings. The minimum Gasteiger partial charge on any atom is -0.841 e. The van der Waals surface area contributed by atoms with Crippen LogP contribution in [0.1, 0.15) is 72.1 Å². The molecule has 2 nitrogen and oxygen atoms in total. The van der Waals surface area contributed by atoms with Crippen molar-refractivity contribution in [1.29, 1.82) is 0 Å². The fourth-order valence-electron chi connectivity index (χ4n) is 2.13. The molecule has 0 aliphatic carbocycles. The Morgan fingerprint density at radius 1 is 0.800 bits per heavy atom. The van der Waals surface area contributed by atoms with E-state index in [1.54, 1.807) is 0 Å². The lowest BCUT2D eigenvalue weighted by Crippen LogP contribution is -2.36. The highest BCUT2D eigenvalue weighted by molar-refractivity contribution is 7.44. The summed E-state index contributed by atoms with van der Waals surface area (Å²) in [5, 5.41) is -0.393. The van der Waals surface area contributed by atoms with Gasteiger partial charge in [-0.25, -0.2) is 0 Å². The maximum Gasteiger partial charge on any atom is -0.0391 e. The summed E-state index contributed by atoms with van der Waals surface area (Å²) in [6.07, 6.45) is 7.76. The van der Waals surface area contributed by atoms with Crippen LogP contribution in [0.2, 0.25) is 0 Å². The zero-order chi connectivity index (χ0) is 11.7. The quantitative estimate of drug-likeness (QED) is 0.574. The van der Waals surface area contributed by atoms with Crippen LogP contribution in [0.3, 0.4) is 0 Å². The van der Waals surface area contributed by atoms with Gasteiger partial charge in [-0.05, 0) is 24.4 Å². The first-order valence-electron chi connectivity index (χ1n) is 6.27. The molecule has 0 bridgehead atoms. The Bertz CT molecular complexity index is 141. The first-order chi connectivity index (χ1) is 7.13. The molecular weight excluding hydrogens is 207 g/mol. The maximum atomic E-state index is 11.5. The molecule has 0 aliphatic heterocycles. The second kappa shape index (κ2) is 8.50. The highest BCUT2D eigenvalue weighted by Crippen LogP contribution is 2.46. The van der Waals surface area contributed by atoms with Crippen molar-refractivity contribution >= 4 is 8.38 Å². The lowest BCUT2D eigenvalue weighted by Gasteiger charge is -2.52. The summed E-state index contributed by atoms with van der Waals surface area (Å²) in [6.45, 7) is 6.31. The van der Waals surface area contributed by atoms with Crippen LogP contribution >= 0.6 is 8.38 Å². The van der Waals surface area contributed by atoms with E-state index in [9.17, 15) is 9.79 Å². The van der Waals surface area contributed by atoms with Gasteiger partial charge in [0.1, 0.15) is 0 Å². The molecule has 0 amide bonds. The highest BCUT2D eigenvalue weighted by atomic mass is 31.2. The van der Waals surface area contributed by atoms with Gasteiger partial charge in [-0.3, -0.25) is 0 Å². The van der Waals surface area contributed by atoms with Gasteiger partial charge in [0.05, 0.1) is 0 Å². The van der Waals surface area contributed by atoms with Crippen LogP contribution in [0.5, 0.6) is 0 Å². The van der Waals surface area contributed by atoms with Gasteiger partial charge in [-0.1, -0.05) is 52.9 Å². The lowest BCUT2D eigenvalue weighted by molar-refractivity contribution is -0.299. The van der Waals surface area contributed by atoms with Crippen LogP contribution in [0.4, 0.5) is 0 Å². The Morgan fingerprint density at radius 3 is 1.53 bits per heavy atom. The van der Waals surface area contributed by atoms with Crippen molar-refractivity contribution in [2.24, 2.45) is 0 Å². The van der Waals surface area contributed by atoms with Gasteiger partial charge < -0.3 is 18.2 Å². The Balaban J connectivity index is 4.41. The molecule has 15 heavy (non-hydrogen) atoms. The first kappa shape index (κ1) is 15.3. The van der Waals surface area contributed by atoms with E-state index in [4.69, 9.17) is 0 Å². The van der Waals surface area contributed by atoms with E-state index >= 15 is 0 Å². The summed E-state index contributed by atoms with van der Waals surface area (Å²) >= 11 is 0. The van der Waals surface area contributed by atoms with Crippen LogP contribution < -0.4 is 9.79 Å². The SMILES string of the molecule is CCCCC(CCC)(CCCC)P([O-])[O-]. The van der Waals surface area contributed by atoms with Crippen molar-refractivity contribution in [2.45, 2.75) is 77.3 Å². The molecule has 0 heterocycles. The first-order valence-corrected chi connectivity index (χ1v) is 7.45. The third-order valence-electron chi connectivity index (χ3n) is 3.09. The van der Waals surface area contributed by atoms with E-state index in [1.807, 2.05) is 0 Å². The topological polar surface area (TPSA) is 46.1 Å². The molecule has 0 spiro atoms. The fraction of sp³-hybridized carbons (Fsp3) is 1.00. The predicted octanol–water partition coefficient (Wildman–Crippen LogP) is 2.94.